The molecule has 136 valence electrons. The zero-order valence-corrected chi connectivity index (χ0v) is 14.1. The topological polar surface area (TPSA) is 145 Å². The van der Waals surface area contributed by atoms with Crippen molar-refractivity contribution in [3.63, 3.8) is 0 Å². The monoisotopic (exact) mass is 379 g/mol. The number of hydrogen-bond donors (Lipinski definition) is 2. The van der Waals surface area contributed by atoms with Crippen LogP contribution >= 0.6 is 0 Å². The van der Waals surface area contributed by atoms with Crippen LogP contribution in [0.2, 0.25) is 0 Å². The van der Waals surface area contributed by atoms with Crippen molar-refractivity contribution in [3.05, 3.63) is 58.6 Å². The maximum absolute atomic E-state index is 12.3. The molecule has 0 radical (unpaired) electrons. The van der Waals surface area contributed by atoms with Crippen molar-refractivity contribution in [2.24, 2.45) is 0 Å². The van der Waals surface area contributed by atoms with Gasteiger partial charge in [0.1, 0.15) is 16.3 Å². The summed E-state index contributed by atoms with van der Waals surface area (Å²) in [5, 5.41) is 15.2. The van der Waals surface area contributed by atoms with Gasteiger partial charge in [0, 0.05) is 13.0 Å². The first kappa shape index (κ1) is 18.9. The zero-order valence-electron chi connectivity index (χ0n) is 13.3. The highest BCUT2D eigenvalue weighted by Crippen LogP contribution is 2.29. The average molecular weight is 379 g/mol. The average Bonchev–Trinajstić information content (AvgIpc) is 2.54. The highest BCUT2D eigenvalue weighted by Gasteiger charge is 2.24. The fourth-order valence-electron chi connectivity index (χ4n) is 1.89. The highest BCUT2D eigenvalue weighted by molar-refractivity contribution is 7.87. The summed E-state index contributed by atoms with van der Waals surface area (Å²) in [6.45, 7) is 1.09. The van der Waals surface area contributed by atoms with E-state index >= 15 is 0 Å². The van der Waals surface area contributed by atoms with Gasteiger partial charge in [-0.05, 0) is 24.3 Å². The summed E-state index contributed by atoms with van der Waals surface area (Å²) in [6.07, 6.45) is 0. The third-order valence-electron chi connectivity index (χ3n) is 2.94. The van der Waals surface area contributed by atoms with Gasteiger partial charge in [-0.15, -0.1) is 0 Å². The van der Waals surface area contributed by atoms with Gasteiger partial charge in [0.15, 0.2) is 0 Å². The number of carbonyl (C=O) groups excluding carboxylic acids is 2. The Balaban J connectivity index is 2.34. The van der Waals surface area contributed by atoms with Gasteiger partial charge in [-0.25, -0.2) is 4.79 Å². The van der Waals surface area contributed by atoms with Crippen LogP contribution in [0, 0.1) is 10.1 Å². The predicted molar refractivity (Wildman–Crippen MR) is 90.2 cm³/mol. The summed E-state index contributed by atoms with van der Waals surface area (Å²) in [6, 6.07) is 9.44. The molecule has 2 aromatic rings. The molecule has 0 saturated carbocycles. The van der Waals surface area contributed by atoms with Gasteiger partial charge < -0.3 is 9.50 Å². The lowest BCUT2D eigenvalue weighted by Crippen LogP contribution is -2.32. The Bertz CT molecular complexity index is 958. The number of nitrogens with one attached hydrogen (secondary N) is 2. The van der Waals surface area contributed by atoms with Crippen molar-refractivity contribution in [1.82, 2.24) is 5.32 Å². The SMILES string of the molecule is CC(=O)NC(=O)Nc1ccc(S(=O)(=O)Oc2ccccc2)cc1[N+](=O)[O-]. The van der Waals surface area contributed by atoms with Gasteiger partial charge >= 0.3 is 16.1 Å². The van der Waals surface area contributed by atoms with Crippen LogP contribution in [0.25, 0.3) is 0 Å². The van der Waals surface area contributed by atoms with E-state index in [2.05, 4.69) is 5.32 Å². The molecule has 0 saturated heterocycles. The van der Waals surface area contributed by atoms with Crippen LogP contribution in [0.1, 0.15) is 6.92 Å². The molecule has 0 aliphatic carbocycles. The Morgan fingerprint density at radius 1 is 1.12 bits per heavy atom. The van der Waals surface area contributed by atoms with Crippen LogP contribution in [0.4, 0.5) is 16.2 Å². The maximum Gasteiger partial charge on any atom is 0.339 e. The molecule has 2 aromatic carbocycles. The molecule has 0 spiro atoms. The zero-order chi connectivity index (χ0) is 19.3. The van der Waals surface area contributed by atoms with Crippen LogP contribution < -0.4 is 14.8 Å². The number of hydrogen-bond acceptors (Lipinski definition) is 7. The van der Waals surface area contributed by atoms with Gasteiger partial charge in [0.25, 0.3) is 5.69 Å². The van der Waals surface area contributed by atoms with Crippen molar-refractivity contribution in [2.75, 3.05) is 5.32 Å². The quantitative estimate of drug-likeness (QED) is 0.459. The van der Waals surface area contributed by atoms with E-state index in [1.54, 1.807) is 18.2 Å². The molecule has 0 unspecified atom stereocenters. The second-order valence-electron chi connectivity index (χ2n) is 4.92. The summed E-state index contributed by atoms with van der Waals surface area (Å²) >= 11 is 0. The first-order valence-corrected chi connectivity index (χ1v) is 8.46. The Morgan fingerprint density at radius 3 is 2.35 bits per heavy atom. The Kier molecular flexibility index (Phi) is 5.52. The fraction of sp³-hybridized carbons (Fsp3) is 0.0667. The van der Waals surface area contributed by atoms with E-state index in [0.717, 1.165) is 25.1 Å². The van der Waals surface area contributed by atoms with E-state index in [4.69, 9.17) is 4.18 Å². The number of rotatable bonds is 5. The highest BCUT2D eigenvalue weighted by atomic mass is 32.2. The summed E-state index contributed by atoms with van der Waals surface area (Å²) in [4.78, 5) is 32.2. The third kappa shape index (κ3) is 4.77. The molecule has 0 heterocycles. The molecule has 10 nitrogen and oxygen atoms in total. The lowest BCUT2D eigenvalue weighted by molar-refractivity contribution is -0.384. The summed E-state index contributed by atoms with van der Waals surface area (Å²) in [7, 11) is -4.32. The number of carbonyl (C=O) groups is 2. The molecule has 2 rings (SSSR count). The molecule has 11 heteroatoms. The lowest BCUT2D eigenvalue weighted by Gasteiger charge is -2.09. The van der Waals surface area contributed by atoms with E-state index in [9.17, 15) is 28.1 Å². The minimum absolute atomic E-state index is 0.0400. The molecule has 0 aromatic heterocycles. The number of urea groups is 1. The van der Waals surface area contributed by atoms with E-state index in [1.165, 1.54) is 12.1 Å². The first-order valence-electron chi connectivity index (χ1n) is 7.05. The van der Waals surface area contributed by atoms with Gasteiger partial charge in [0.05, 0.1) is 4.92 Å². The van der Waals surface area contributed by atoms with Gasteiger partial charge in [-0.2, -0.15) is 8.42 Å². The molecule has 0 fully saturated rings. The minimum atomic E-state index is -4.32. The van der Waals surface area contributed by atoms with Crippen molar-refractivity contribution < 1.29 is 27.1 Å². The Morgan fingerprint density at radius 2 is 1.77 bits per heavy atom. The third-order valence-corrected chi connectivity index (χ3v) is 4.18. The van der Waals surface area contributed by atoms with Gasteiger partial charge in [-0.1, -0.05) is 18.2 Å². The number of nitrogens with zero attached hydrogens (tertiary/aromatic N) is 1. The van der Waals surface area contributed by atoms with Crippen LogP contribution in [0.15, 0.2) is 53.4 Å². The van der Waals surface area contributed by atoms with Crippen LogP contribution in [0.3, 0.4) is 0 Å². The number of benzene rings is 2. The second kappa shape index (κ2) is 7.61. The van der Waals surface area contributed by atoms with Crippen molar-refractivity contribution >= 4 is 33.4 Å². The molecular formula is C15H13N3O7S. The van der Waals surface area contributed by atoms with Gasteiger partial charge in [-0.3, -0.25) is 20.2 Å². The molecule has 0 aliphatic heterocycles. The van der Waals surface area contributed by atoms with E-state index in [1.807, 2.05) is 5.32 Å². The number of imide groups is 1. The number of nitro benzene ring substituents is 1. The predicted octanol–water partition coefficient (Wildman–Crippen LogP) is 2.03. The largest absolute Gasteiger partial charge is 0.379 e. The fourth-order valence-corrected chi connectivity index (χ4v) is 2.84. The molecule has 2 N–H and O–H groups in total. The molecule has 0 atom stereocenters. The lowest BCUT2D eigenvalue weighted by atomic mass is 10.2. The van der Waals surface area contributed by atoms with Gasteiger partial charge in [0.2, 0.25) is 5.91 Å². The Labute approximate surface area is 148 Å². The molecule has 26 heavy (non-hydrogen) atoms. The van der Waals surface area contributed by atoms with Crippen LogP contribution in [0.5, 0.6) is 5.75 Å². The number of anilines is 1. The molecule has 3 amide bonds. The smallest absolute Gasteiger partial charge is 0.339 e. The molecule has 0 bridgehead atoms. The van der Waals surface area contributed by atoms with E-state index in [-0.39, 0.29) is 11.4 Å². The number of para-hydroxylation sites is 1. The first-order chi connectivity index (χ1) is 12.2. The maximum atomic E-state index is 12.3. The van der Waals surface area contributed by atoms with E-state index in [0.29, 0.717) is 0 Å². The van der Waals surface area contributed by atoms with Crippen molar-refractivity contribution in [2.45, 2.75) is 11.8 Å². The Hall–Kier alpha value is -3.47. The summed E-state index contributed by atoms with van der Waals surface area (Å²) in [5.41, 5.74) is -0.964. The van der Waals surface area contributed by atoms with Crippen molar-refractivity contribution in [3.8, 4) is 5.75 Å². The molecule has 0 aliphatic rings. The summed E-state index contributed by atoms with van der Waals surface area (Å²) in [5.74, 6) is -0.626. The molecular weight excluding hydrogens is 366 g/mol. The number of amides is 3. The summed E-state index contributed by atoms with van der Waals surface area (Å²) < 4.78 is 29.4. The number of nitro groups is 1. The standard InChI is InChI=1S/C15H13N3O7S/c1-10(19)16-15(20)17-13-8-7-12(9-14(13)18(21)22)26(23,24)25-11-5-3-2-4-6-11/h2-9H,1H3,(H2,16,17,19,20). The normalized spacial score (nSPS) is 10.7. The van der Waals surface area contributed by atoms with Crippen LogP contribution in [-0.2, 0) is 14.9 Å². The van der Waals surface area contributed by atoms with Crippen LogP contribution in [-0.4, -0.2) is 25.3 Å². The van der Waals surface area contributed by atoms with Crippen molar-refractivity contribution in [1.29, 1.82) is 0 Å². The minimum Gasteiger partial charge on any atom is -0.379 e. The van der Waals surface area contributed by atoms with E-state index < -0.39 is 37.6 Å². The second-order valence-corrected chi connectivity index (χ2v) is 6.47.